The summed E-state index contributed by atoms with van der Waals surface area (Å²) in [4.78, 5) is 0. The monoisotopic (exact) mass is 178 g/mol. The predicted octanol–water partition coefficient (Wildman–Crippen LogP) is 1.70. The van der Waals surface area contributed by atoms with E-state index >= 15 is 0 Å². The lowest BCUT2D eigenvalue weighted by Crippen LogP contribution is -2.34. The summed E-state index contributed by atoms with van der Waals surface area (Å²) in [6, 6.07) is 6.88. The summed E-state index contributed by atoms with van der Waals surface area (Å²) >= 11 is 0. The normalized spacial score (nSPS) is 12.9. The molecule has 2 heteroatoms. The Bertz CT molecular complexity index is 281. The SMILES string of the molecule is Cc1ccc(CC(C)NN)cc1C. The van der Waals surface area contributed by atoms with Gasteiger partial charge >= 0.3 is 0 Å². The molecular weight excluding hydrogens is 160 g/mol. The molecule has 0 heterocycles. The average molecular weight is 178 g/mol. The summed E-state index contributed by atoms with van der Waals surface area (Å²) < 4.78 is 0. The molecule has 0 aliphatic rings. The number of hydrogen-bond donors (Lipinski definition) is 2. The molecule has 0 saturated heterocycles. The van der Waals surface area contributed by atoms with E-state index in [-0.39, 0.29) is 0 Å². The van der Waals surface area contributed by atoms with Crippen LogP contribution in [0.5, 0.6) is 0 Å². The highest BCUT2D eigenvalue weighted by Crippen LogP contribution is 2.11. The van der Waals surface area contributed by atoms with Crippen LogP contribution in [-0.2, 0) is 6.42 Å². The van der Waals surface area contributed by atoms with Gasteiger partial charge in [-0.3, -0.25) is 11.3 Å². The number of aryl methyl sites for hydroxylation is 2. The minimum atomic E-state index is 0.335. The van der Waals surface area contributed by atoms with Crippen molar-refractivity contribution in [3.63, 3.8) is 0 Å². The van der Waals surface area contributed by atoms with E-state index in [1.807, 2.05) is 0 Å². The van der Waals surface area contributed by atoms with Crippen LogP contribution in [0.3, 0.4) is 0 Å². The highest BCUT2D eigenvalue weighted by molar-refractivity contribution is 5.30. The van der Waals surface area contributed by atoms with E-state index in [2.05, 4.69) is 44.4 Å². The van der Waals surface area contributed by atoms with Gasteiger partial charge in [0.15, 0.2) is 0 Å². The van der Waals surface area contributed by atoms with Gasteiger partial charge in [0.2, 0.25) is 0 Å². The zero-order chi connectivity index (χ0) is 9.84. The quantitative estimate of drug-likeness (QED) is 0.546. The Labute approximate surface area is 80.1 Å². The Balaban J connectivity index is 2.73. The minimum absolute atomic E-state index is 0.335. The second-order valence-corrected chi connectivity index (χ2v) is 3.69. The fourth-order valence-corrected chi connectivity index (χ4v) is 1.34. The fourth-order valence-electron chi connectivity index (χ4n) is 1.34. The third-order valence-electron chi connectivity index (χ3n) is 2.40. The van der Waals surface area contributed by atoms with Gasteiger partial charge in [-0.2, -0.15) is 0 Å². The third kappa shape index (κ3) is 2.83. The molecule has 0 amide bonds. The van der Waals surface area contributed by atoms with Crippen molar-refractivity contribution >= 4 is 0 Å². The van der Waals surface area contributed by atoms with E-state index in [1.54, 1.807) is 0 Å². The van der Waals surface area contributed by atoms with Gasteiger partial charge in [-0.15, -0.1) is 0 Å². The zero-order valence-corrected chi connectivity index (χ0v) is 8.59. The zero-order valence-electron chi connectivity index (χ0n) is 8.59. The smallest absolute Gasteiger partial charge is 0.0222 e. The van der Waals surface area contributed by atoms with Crippen LogP contribution in [0.4, 0.5) is 0 Å². The van der Waals surface area contributed by atoms with Gasteiger partial charge in [-0.1, -0.05) is 18.2 Å². The molecule has 0 aliphatic heterocycles. The van der Waals surface area contributed by atoms with Crippen molar-refractivity contribution in [2.24, 2.45) is 5.84 Å². The maximum atomic E-state index is 5.34. The third-order valence-corrected chi connectivity index (χ3v) is 2.40. The lowest BCUT2D eigenvalue weighted by Gasteiger charge is -2.10. The Kier molecular flexibility index (Phi) is 3.46. The van der Waals surface area contributed by atoms with Crippen molar-refractivity contribution in [2.45, 2.75) is 33.2 Å². The Hall–Kier alpha value is -0.860. The molecular formula is C11H18N2. The molecule has 72 valence electrons. The standard InChI is InChI=1S/C11H18N2/c1-8-4-5-11(6-9(8)2)7-10(3)13-12/h4-6,10,13H,7,12H2,1-3H3. The second-order valence-electron chi connectivity index (χ2n) is 3.69. The molecule has 0 aliphatic carbocycles. The van der Waals surface area contributed by atoms with Crippen LogP contribution in [0.2, 0.25) is 0 Å². The first kappa shape index (κ1) is 10.2. The Morgan fingerprint density at radius 1 is 1.31 bits per heavy atom. The summed E-state index contributed by atoms with van der Waals surface area (Å²) in [5, 5.41) is 0. The van der Waals surface area contributed by atoms with Crippen LogP contribution in [0, 0.1) is 13.8 Å². The van der Waals surface area contributed by atoms with Crippen LogP contribution >= 0.6 is 0 Å². The highest BCUT2D eigenvalue weighted by Gasteiger charge is 2.01. The van der Waals surface area contributed by atoms with Gasteiger partial charge in [0.05, 0.1) is 0 Å². The van der Waals surface area contributed by atoms with Gasteiger partial charge in [0.1, 0.15) is 0 Å². The molecule has 0 spiro atoms. The van der Waals surface area contributed by atoms with Crippen molar-refractivity contribution in [2.75, 3.05) is 0 Å². The largest absolute Gasteiger partial charge is 0.271 e. The van der Waals surface area contributed by atoms with Crippen molar-refractivity contribution in [3.05, 3.63) is 34.9 Å². The topological polar surface area (TPSA) is 38.0 Å². The van der Waals surface area contributed by atoms with E-state index < -0.39 is 0 Å². The summed E-state index contributed by atoms with van der Waals surface area (Å²) in [5.41, 5.74) is 6.78. The summed E-state index contributed by atoms with van der Waals surface area (Å²) in [7, 11) is 0. The van der Waals surface area contributed by atoms with Crippen LogP contribution in [-0.4, -0.2) is 6.04 Å². The number of hydrogen-bond acceptors (Lipinski definition) is 2. The van der Waals surface area contributed by atoms with Crippen molar-refractivity contribution in [1.29, 1.82) is 0 Å². The van der Waals surface area contributed by atoms with Gasteiger partial charge in [0, 0.05) is 6.04 Å². The number of hydrazine groups is 1. The van der Waals surface area contributed by atoms with Crippen LogP contribution < -0.4 is 11.3 Å². The molecule has 13 heavy (non-hydrogen) atoms. The molecule has 2 nitrogen and oxygen atoms in total. The van der Waals surface area contributed by atoms with Crippen molar-refractivity contribution in [3.8, 4) is 0 Å². The van der Waals surface area contributed by atoms with Gasteiger partial charge in [-0.25, -0.2) is 0 Å². The Morgan fingerprint density at radius 3 is 2.54 bits per heavy atom. The van der Waals surface area contributed by atoms with E-state index in [0.717, 1.165) is 6.42 Å². The summed E-state index contributed by atoms with van der Waals surface area (Å²) in [6.07, 6.45) is 0.984. The van der Waals surface area contributed by atoms with E-state index in [9.17, 15) is 0 Å². The lowest BCUT2D eigenvalue weighted by atomic mass is 10.0. The predicted molar refractivity (Wildman–Crippen MR) is 56.4 cm³/mol. The molecule has 0 saturated carbocycles. The van der Waals surface area contributed by atoms with Crippen molar-refractivity contribution < 1.29 is 0 Å². The van der Waals surface area contributed by atoms with E-state index in [1.165, 1.54) is 16.7 Å². The van der Waals surface area contributed by atoms with Gasteiger partial charge < -0.3 is 0 Å². The van der Waals surface area contributed by atoms with E-state index in [0.29, 0.717) is 6.04 Å². The van der Waals surface area contributed by atoms with Gasteiger partial charge in [0.25, 0.3) is 0 Å². The summed E-state index contributed by atoms with van der Waals surface area (Å²) in [6.45, 7) is 6.35. The second kappa shape index (κ2) is 4.40. The van der Waals surface area contributed by atoms with E-state index in [4.69, 9.17) is 5.84 Å². The molecule has 0 bridgehead atoms. The first-order chi connectivity index (χ1) is 6.13. The number of nitrogens with one attached hydrogen (secondary N) is 1. The molecule has 1 aromatic rings. The Morgan fingerprint density at radius 2 is 2.00 bits per heavy atom. The lowest BCUT2D eigenvalue weighted by molar-refractivity contribution is 0.567. The van der Waals surface area contributed by atoms with Gasteiger partial charge in [-0.05, 0) is 43.9 Å². The molecule has 1 rings (SSSR count). The molecule has 0 fully saturated rings. The molecule has 1 unspecified atom stereocenters. The number of nitrogens with two attached hydrogens (primary N) is 1. The van der Waals surface area contributed by atoms with Crippen LogP contribution in [0.25, 0.3) is 0 Å². The molecule has 0 aromatic heterocycles. The number of benzene rings is 1. The maximum absolute atomic E-state index is 5.34. The highest BCUT2D eigenvalue weighted by atomic mass is 15.2. The summed E-state index contributed by atoms with van der Waals surface area (Å²) in [5.74, 6) is 5.34. The molecule has 1 aromatic carbocycles. The fraction of sp³-hybridized carbons (Fsp3) is 0.455. The van der Waals surface area contributed by atoms with Crippen LogP contribution in [0.15, 0.2) is 18.2 Å². The molecule has 0 radical (unpaired) electrons. The molecule has 3 N–H and O–H groups in total. The van der Waals surface area contributed by atoms with Crippen LogP contribution in [0.1, 0.15) is 23.6 Å². The number of rotatable bonds is 3. The maximum Gasteiger partial charge on any atom is 0.0222 e. The minimum Gasteiger partial charge on any atom is -0.271 e. The first-order valence-electron chi connectivity index (χ1n) is 4.65. The molecule has 1 atom stereocenters. The first-order valence-corrected chi connectivity index (χ1v) is 4.65. The van der Waals surface area contributed by atoms with Crippen molar-refractivity contribution in [1.82, 2.24) is 5.43 Å². The average Bonchev–Trinajstić information content (AvgIpc) is 2.11.